The molecule has 0 N–H and O–H groups in total. The lowest BCUT2D eigenvalue weighted by Crippen LogP contribution is -2.07. The summed E-state index contributed by atoms with van der Waals surface area (Å²) >= 11 is 5.73. The molecule has 1 aromatic heterocycles. The molecular weight excluding hydrogens is 300 g/mol. The van der Waals surface area contributed by atoms with Crippen molar-refractivity contribution in [1.82, 2.24) is 4.98 Å². The highest BCUT2D eigenvalue weighted by Gasteiger charge is 2.17. The summed E-state index contributed by atoms with van der Waals surface area (Å²) in [6.45, 7) is 1.99. The Morgan fingerprint density at radius 1 is 1.52 bits per heavy atom. The Morgan fingerprint density at radius 3 is 2.95 bits per heavy atom. The van der Waals surface area contributed by atoms with Gasteiger partial charge in [-0.3, -0.25) is 14.9 Å². The highest BCUT2D eigenvalue weighted by Crippen LogP contribution is 2.29. The first-order valence-electron chi connectivity index (χ1n) is 6.05. The number of ether oxygens (including phenoxy) is 1. The van der Waals surface area contributed by atoms with Crippen molar-refractivity contribution in [2.24, 2.45) is 0 Å². The molecule has 0 atom stereocenters. The number of aromatic nitrogens is 1. The Hall–Kier alpha value is -2.41. The maximum Gasteiger partial charge on any atom is 0.311 e. The monoisotopic (exact) mass is 310 g/mol. The van der Waals surface area contributed by atoms with Gasteiger partial charge in [-0.1, -0.05) is 11.6 Å². The molecule has 0 amide bonds. The van der Waals surface area contributed by atoms with Crippen molar-refractivity contribution in [2.75, 3.05) is 6.61 Å². The molecule has 0 saturated heterocycles. The molecular formula is C13H11ClN2O5. The Kier molecular flexibility index (Phi) is 4.54. The Bertz CT molecular complexity index is 683. The second kappa shape index (κ2) is 6.36. The zero-order chi connectivity index (χ0) is 15.4. The van der Waals surface area contributed by atoms with Gasteiger partial charge in [-0.05, 0) is 19.1 Å². The minimum absolute atomic E-state index is 0.0208. The molecule has 1 aromatic carbocycles. The first kappa shape index (κ1) is 15.0. The van der Waals surface area contributed by atoms with Crippen LogP contribution in [0.1, 0.15) is 12.6 Å². The summed E-state index contributed by atoms with van der Waals surface area (Å²) in [5, 5.41) is 10.9. The first-order chi connectivity index (χ1) is 10.0. The molecule has 0 aliphatic rings. The number of hydrogen-bond acceptors (Lipinski definition) is 6. The molecule has 0 bridgehead atoms. The SMILES string of the molecule is CCOC(=O)Cc1coc(-c2ccc(Cl)c([N+](=O)[O-])c2)n1. The maximum atomic E-state index is 11.3. The number of rotatable bonds is 5. The molecule has 8 heteroatoms. The van der Waals surface area contributed by atoms with Gasteiger partial charge in [0.1, 0.15) is 11.3 Å². The van der Waals surface area contributed by atoms with Gasteiger partial charge in [-0.25, -0.2) is 4.98 Å². The first-order valence-corrected chi connectivity index (χ1v) is 6.43. The van der Waals surface area contributed by atoms with E-state index in [1.807, 2.05) is 0 Å². The molecule has 7 nitrogen and oxygen atoms in total. The molecule has 1 heterocycles. The van der Waals surface area contributed by atoms with Gasteiger partial charge in [0.25, 0.3) is 5.69 Å². The summed E-state index contributed by atoms with van der Waals surface area (Å²) < 4.78 is 10.0. The number of nitrogens with zero attached hydrogens (tertiary/aromatic N) is 2. The fourth-order valence-electron chi connectivity index (χ4n) is 1.67. The van der Waals surface area contributed by atoms with Gasteiger partial charge < -0.3 is 9.15 Å². The van der Waals surface area contributed by atoms with E-state index in [0.717, 1.165) is 0 Å². The number of oxazole rings is 1. The average Bonchev–Trinajstić information content (AvgIpc) is 2.87. The summed E-state index contributed by atoms with van der Waals surface area (Å²) in [5.41, 5.74) is 0.557. The number of nitro groups is 1. The average molecular weight is 311 g/mol. The highest BCUT2D eigenvalue weighted by atomic mass is 35.5. The second-order valence-corrected chi connectivity index (χ2v) is 4.46. The van der Waals surface area contributed by atoms with Crippen molar-refractivity contribution in [1.29, 1.82) is 0 Å². The van der Waals surface area contributed by atoms with E-state index in [1.165, 1.54) is 18.4 Å². The van der Waals surface area contributed by atoms with Crippen molar-refractivity contribution < 1.29 is 18.9 Å². The predicted molar refractivity (Wildman–Crippen MR) is 73.9 cm³/mol. The van der Waals surface area contributed by atoms with Crippen LogP contribution in [0.5, 0.6) is 0 Å². The van der Waals surface area contributed by atoms with Gasteiger partial charge in [0.05, 0.1) is 23.6 Å². The second-order valence-electron chi connectivity index (χ2n) is 4.05. The highest BCUT2D eigenvalue weighted by molar-refractivity contribution is 6.32. The molecule has 2 aromatic rings. The quantitative estimate of drug-likeness (QED) is 0.478. The number of benzene rings is 1. The molecule has 21 heavy (non-hydrogen) atoms. The predicted octanol–water partition coefficient (Wildman–Crippen LogP) is 3.01. The van der Waals surface area contributed by atoms with Crippen LogP contribution in [-0.2, 0) is 16.0 Å². The number of carbonyl (C=O) groups excluding carboxylic acids is 1. The van der Waals surface area contributed by atoms with Gasteiger partial charge in [0.15, 0.2) is 0 Å². The topological polar surface area (TPSA) is 95.5 Å². The Balaban J connectivity index is 2.23. The van der Waals surface area contributed by atoms with E-state index >= 15 is 0 Å². The van der Waals surface area contributed by atoms with Crippen molar-refractivity contribution >= 4 is 23.3 Å². The van der Waals surface area contributed by atoms with Crippen LogP contribution in [0.25, 0.3) is 11.5 Å². The lowest BCUT2D eigenvalue weighted by atomic mass is 10.2. The van der Waals surface area contributed by atoms with Gasteiger partial charge >= 0.3 is 5.97 Å². The van der Waals surface area contributed by atoms with Gasteiger partial charge in [-0.2, -0.15) is 0 Å². The Morgan fingerprint density at radius 2 is 2.29 bits per heavy atom. The fraction of sp³-hybridized carbons (Fsp3) is 0.231. The third-order valence-corrected chi connectivity index (χ3v) is 2.89. The molecule has 0 radical (unpaired) electrons. The third kappa shape index (κ3) is 3.57. The lowest BCUT2D eigenvalue weighted by molar-refractivity contribution is -0.384. The van der Waals surface area contributed by atoms with E-state index < -0.39 is 10.9 Å². The lowest BCUT2D eigenvalue weighted by Gasteiger charge is -1.98. The molecule has 0 spiro atoms. The zero-order valence-corrected chi connectivity index (χ0v) is 11.8. The molecule has 0 saturated carbocycles. The van der Waals surface area contributed by atoms with Gasteiger partial charge in [-0.15, -0.1) is 0 Å². The van der Waals surface area contributed by atoms with Crippen LogP contribution in [0.2, 0.25) is 5.02 Å². The van der Waals surface area contributed by atoms with Crippen LogP contribution >= 0.6 is 11.6 Å². The summed E-state index contributed by atoms with van der Waals surface area (Å²) in [5.74, 6) is -0.242. The van der Waals surface area contributed by atoms with Crippen molar-refractivity contribution in [3.63, 3.8) is 0 Å². The number of halogens is 1. The number of carbonyl (C=O) groups is 1. The van der Waals surface area contributed by atoms with Crippen LogP contribution in [0.15, 0.2) is 28.9 Å². The summed E-state index contributed by atoms with van der Waals surface area (Å²) in [4.78, 5) is 25.7. The van der Waals surface area contributed by atoms with Crippen LogP contribution in [0, 0.1) is 10.1 Å². The Labute approximate surface area is 124 Å². The van der Waals surface area contributed by atoms with E-state index in [0.29, 0.717) is 11.3 Å². The van der Waals surface area contributed by atoms with E-state index in [1.54, 1.807) is 13.0 Å². The van der Waals surface area contributed by atoms with Gasteiger partial charge in [0.2, 0.25) is 5.89 Å². The van der Waals surface area contributed by atoms with Crippen LogP contribution in [-0.4, -0.2) is 22.5 Å². The maximum absolute atomic E-state index is 11.3. The molecule has 0 fully saturated rings. The van der Waals surface area contributed by atoms with Crippen molar-refractivity contribution in [2.45, 2.75) is 13.3 Å². The van der Waals surface area contributed by atoms with Crippen LogP contribution < -0.4 is 0 Å². The van der Waals surface area contributed by atoms with E-state index in [4.69, 9.17) is 20.8 Å². The normalized spacial score (nSPS) is 10.4. The minimum atomic E-state index is -0.589. The smallest absolute Gasteiger partial charge is 0.311 e. The van der Waals surface area contributed by atoms with Crippen LogP contribution in [0.3, 0.4) is 0 Å². The number of esters is 1. The zero-order valence-electron chi connectivity index (χ0n) is 11.0. The molecule has 0 aliphatic heterocycles. The summed E-state index contributed by atoms with van der Waals surface area (Å²) in [7, 11) is 0. The van der Waals surface area contributed by atoms with Crippen LogP contribution in [0.4, 0.5) is 5.69 Å². The molecule has 0 unspecified atom stereocenters. The van der Waals surface area contributed by atoms with Crippen molar-refractivity contribution in [3.05, 3.63) is 45.3 Å². The number of nitro benzene ring substituents is 1. The molecule has 110 valence electrons. The molecule has 0 aliphatic carbocycles. The summed E-state index contributed by atoms with van der Waals surface area (Å²) in [6.07, 6.45) is 1.29. The van der Waals surface area contributed by atoms with Gasteiger partial charge in [0, 0.05) is 11.6 Å². The van der Waals surface area contributed by atoms with Crippen molar-refractivity contribution in [3.8, 4) is 11.5 Å². The van der Waals surface area contributed by atoms with E-state index in [2.05, 4.69) is 4.98 Å². The van der Waals surface area contributed by atoms with E-state index in [9.17, 15) is 14.9 Å². The van der Waals surface area contributed by atoms with E-state index in [-0.39, 0.29) is 29.6 Å². The largest absolute Gasteiger partial charge is 0.466 e. The fourth-order valence-corrected chi connectivity index (χ4v) is 1.85. The molecule has 2 rings (SSSR count). The standard InChI is InChI=1S/C13H11ClN2O5/c1-2-20-12(17)6-9-7-21-13(15-9)8-3-4-10(14)11(5-8)16(18)19/h3-5,7H,2,6H2,1H3. The number of hydrogen-bond donors (Lipinski definition) is 0. The summed E-state index contributed by atoms with van der Waals surface area (Å²) in [6, 6.07) is 4.21. The minimum Gasteiger partial charge on any atom is -0.466 e. The third-order valence-electron chi connectivity index (χ3n) is 2.57.